The largest absolute Gasteiger partial charge is 0.493 e. The minimum Gasteiger partial charge on any atom is -0.493 e. The Bertz CT molecular complexity index is 1490. The predicted molar refractivity (Wildman–Crippen MR) is 159 cm³/mol. The normalized spacial score (nSPS) is 14.3. The van der Waals surface area contributed by atoms with Gasteiger partial charge < -0.3 is 9.47 Å². The fraction of sp³-hybridized carbons (Fsp3) is 0.207. The second kappa shape index (κ2) is 11.7. The lowest BCUT2D eigenvalue weighted by Gasteiger charge is -2.16. The summed E-state index contributed by atoms with van der Waals surface area (Å²) in [4.78, 5) is 26.2. The fourth-order valence-corrected chi connectivity index (χ4v) is 5.75. The molecule has 0 radical (unpaired) electrons. The fourth-order valence-electron chi connectivity index (χ4n) is 3.99. The summed E-state index contributed by atoms with van der Waals surface area (Å²) >= 11 is 10.1. The van der Waals surface area contributed by atoms with Crippen LogP contribution in [-0.2, 0) is 11.4 Å². The van der Waals surface area contributed by atoms with Crippen molar-refractivity contribution in [2.75, 3.05) is 7.11 Å². The van der Waals surface area contributed by atoms with Gasteiger partial charge in [-0.05, 0) is 113 Å². The van der Waals surface area contributed by atoms with Gasteiger partial charge in [0.1, 0.15) is 6.61 Å². The molecule has 38 heavy (non-hydrogen) atoms. The number of benzene rings is 3. The average Bonchev–Trinajstić information content (AvgIpc) is 3.13. The molecule has 2 amide bonds. The molecule has 0 aliphatic carbocycles. The number of methoxy groups -OCH3 is 1. The van der Waals surface area contributed by atoms with E-state index in [1.165, 1.54) is 11.1 Å². The van der Waals surface area contributed by atoms with E-state index in [9.17, 15) is 9.59 Å². The van der Waals surface area contributed by atoms with Gasteiger partial charge in [-0.25, -0.2) is 0 Å². The molecule has 196 valence electrons. The lowest BCUT2D eigenvalue weighted by atomic mass is 10.0. The van der Waals surface area contributed by atoms with Gasteiger partial charge in [0.15, 0.2) is 15.8 Å². The average molecular weight is 612 g/mol. The third kappa shape index (κ3) is 5.95. The number of thiocarbonyl (C=S) groups is 1. The number of hydrogen-bond acceptors (Lipinski definition) is 6. The van der Waals surface area contributed by atoms with Crippen LogP contribution in [-0.4, -0.2) is 28.3 Å². The minimum atomic E-state index is -0.400. The summed E-state index contributed by atoms with van der Waals surface area (Å²) in [6.07, 6.45) is 1.71. The van der Waals surface area contributed by atoms with E-state index in [4.69, 9.17) is 21.7 Å². The number of hydrazine groups is 1. The van der Waals surface area contributed by atoms with Crippen molar-refractivity contribution >= 4 is 62.1 Å². The lowest BCUT2D eigenvalue weighted by Crippen LogP contribution is -2.45. The molecule has 0 atom stereocenters. The van der Waals surface area contributed by atoms with Gasteiger partial charge in [-0.3, -0.25) is 15.0 Å². The highest BCUT2D eigenvalue weighted by Gasteiger charge is 2.34. The van der Waals surface area contributed by atoms with Crippen molar-refractivity contribution in [3.63, 3.8) is 0 Å². The van der Waals surface area contributed by atoms with Crippen LogP contribution < -0.4 is 14.9 Å². The van der Waals surface area contributed by atoms with Crippen LogP contribution in [0.4, 0.5) is 0 Å². The Hall–Kier alpha value is -3.14. The summed E-state index contributed by atoms with van der Waals surface area (Å²) in [5.41, 5.74) is 9.34. The molecule has 0 saturated carbocycles. The van der Waals surface area contributed by atoms with E-state index < -0.39 is 11.8 Å². The molecule has 1 aliphatic heterocycles. The molecule has 6 nitrogen and oxygen atoms in total. The monoisotopic (exact) mass is 610 g/mol. The maximum Gasteiger partial charge on any atom is 0.285 e. The summed E-state index contributed by atoms with van der Waals surface area (Å²) in [5.74, 6) is 0.295. The minimum absolute atomic E-state index is 0.248. The molecule has 0 aromatic heterocycles. The number of halogens is 1. The molecule has 0 bridgehead atoms. The van der Waals surface area contributed by atoms with Crippen LogP contribution in [0.2, 0.25) is 0 Å². The van der Waals surface area contributed by atoms with Crippen molar-refractivity contribution in [3.05, 3.63) is 96.9 Å². The molecular weight excluding hydrogens is 584 g/mol. The Morgan fingerprint density at radius 2 is 1.76 bits per heavy atom. The standard InChI is InChI=1S/C29H27BrN2O4S2/c1-16-8-6-7-9-22(16)27(33)31-32-28(34)25(38-29(32)37)14-20-12-23(30)26(24(13-20)35-5)36-15-21-11-18(3)17(2)10-19(21)4/h6-14H,15H2,1-5H3,(H,31,33)/b25-14+. The van der Waals surface area contributed by atoms with Crippen molar-refractivity contribution in [3.8, 4) is 11.5 Å². The van der Waals surface area contributed by atoms with Gasteiger partial charge in [-0.2, -0.15) is 5.01 Å². The maximum absolute atomic E-state index is 13.1. The van der Waals surface area contributed by atoms with Gasteiger partial charge in [0, 0.05) is 5.56 Å². The highest BCUT2D eigenvalue weighted by Crippen LogP contribution is 2.39. The van der Waals surface area contributed by atoms with Crippen LogP contribution in [0.1, 0.15) is 43.7 Å². The van der Waals surface area contributed by atoms with Crippen molar-refractivity contribution in [1.29, 1.82) is 0 Å². The Morgan fingerprint density at radius 3 is 2.47 bits per heavy atom. The van der Waals surface area contributed by atoms with Gasteiger partial charge in [0.25, 0.3) is 11.8 Å². The SMILES string of the molecule is COc1cc(/C=C2/SC(=S)N(NC(=O)c3ccccc3C)C2=O)cc(Br)c1OCc1cc(C)c(C)cc1C. The molecule has 3 aromatic carbocycles. The number of amides is 2. The zero-order chi connectivity index (χ0) is 27.6. The Balaban J connectivity index is 1.53. The summed E-state index contributed by atoms with van der Waals surface area (Å²) < 4.78 is 12.7. The molecule has 4 rings (SSSR count). The highest BCUT2D eigenvalue weighted by molar-refractivity contribution is 9.10. The van der Waals surface area contributed by atoms with E-state index in [0.717, 1.165) is 33.5 Å². The number of carbonyl (C=O) groups is 2. The van der Waals surface area contributed by atoms with Crippen LogP contribution in [0, 0.1) is 27.7 Å². The molecule has 1 N–H and O–H groups in total. The Labute approximate surface area is 240 Å². The lowest BCUT2D eigenvalue weighted by molar-refractivity contribution is -0.123. The number of aryl methyl sites for hydroxylation is 4. The first kappa shape index (κ1) is 27.9. The molecule has 1 aliphatic rings. The predicted octanol–water partition coefficient (Wildman–Crippen LogP) is 6.82. The summed E-state index contributed by atoms with van der Waals surface area (Å²) in [6, 6.07) is 15.1. The molecule has 1 heterocycles. The van der Waals surface area contributed by atoms with Crippen molar-refractivity contribution in [2.24, 2.45) is 0 Å². The van der Waals surface area contributed by atoms with E-state index in [2.05, 4.69) is 54.3 Å². The number of carbonyl (C=O) groups excluding carboxylic acids is 2. The second-order valence-corrected chi connectivity index (χ2v) is 11.5. The summed E-state index contributed by atoms with van der Waals surface area (Å²) in [5, 5.41) is 1.11. The van der Waals surface area contributed by atoms with Crippen molar-refractivity contribution in [1.82, 2.24) is 10.4 Å². The van der Waals surface area contributed by atoms with E-state index in [1.54, 1.807) is 31.4 Å². The number of nitrogens with one attached hydrogen (secondary N) is 1. The molecule has 0 unspecified atom stereocenters. The maximum atomic E-state index is 13.1. The Morgan fingerprint density at radius 1 is 1.05 bits per heavy atom. The molecule has 0 spiro atoms. The molecule has 1 saturated heterocycles. The van der Waals surface area contributed by atoms with Crippen molar-refractivity contribution in [2.45, 2.75) is 34.3 Å². The number of thioether (sulfide) groups is 1. The zero-order valence-corrected chi connectivity index (χ0v) is 24.9. The van der Waals surface area contributed by atoms with Crippen LogP contribution in [0.15, 0.2) is 57.9 Å². The van der Waals surface area contributed by atoms with Crippen LogP contribution >= 0.6 is 39.9 Å². The third-order valence-corrected chi connectivity index (χ3v) is 8.16. The molecule has 1 fully saturated rings. The zero-order valence-electron chi connectivity index (χ0n) is 21.7. The van der Waals surface area contributed by atoms with Gasteiger partial charge >= 0.3 is 0 Å². The van der Waals surface area contributed by atoms with E-state index >= 15 is 0 Å². The molecule has 3 aromatic rings. The summed E-state index contributed by atoms with van der Waals surface area (Å²) in [6.45, 7) is 8.47. The molecule has 9 heteroatoms. The van der Waals surface area contributed by atoms with Crippen LogP contribution in [0.25, 0.3) is 6.08 Å². The first-order valence-corrected chi connectivity index (χ1v) is 13.8. The van der Waals surface area contributed by atoms with Gasteiger partial charge in [0.05, 0.1) is 16.5 Å². The third-order valence-electron chi connectivity index (χ3n) is 6.27. The van der Waals surface area contributed by atoms with Crippen LogP contribution in [0.3, 0.4) is 0 Å². The quantitative estimate of drug-likeness (QED) is 0.234. The molecular formula is C29H27BrN2O4S2. The van der Waals surface area contributed by atoms with Crippen molar-refractivity contribution < 1.29 is 19.1 Å². The Kier molecular flexibility index (Phi) is 8.60. The first-order valence-electron chi connectivity index (χ1n) is 11.8. The second-order valence-electron chi connectivity index (χ2n) is 8.96. The van der Waals surface area contributed by atoms with Gasteiger partial charge in [-0.1, -0.05) is 42.1 Å². The topological polar surface area (TPSA) is 67.9 Å². The summed E-state index contributed by atoms with van der Waals surface area (Å²) in [7, 11) is 1.57. The highest BCUT2D eigenvalue weighted by atomic mass is 79.9. The number of nitrogens with zero attached hydrogens (tertiary/aromatic N) is 1. The van der Waals surface area contributed by atoms with E-state index in [-0.39, 0.29) is 4.32 Å². The van der Waals surface area contributed by atoms with E-state index in [1.807, 2.05) is 25.1 Å². The van der Waals surface area contributed by atoms with E-state index in [0.29, 0.717) is 38.6 Å². The number of ether oxygens (including phenoxy) is 2. The smallest absolute Gasteiger partial charge is 0.285 e. The van der Waals surface area contributed by atoms with Gasteiger partial charge in [0.2, 0.25) is 0 Å². The number of hydrogen-bond donors (Lipinski definition) is 1. The van der Waals surface area contributed by atoms with Crippen LogP contribution in [0.5, 0.6) is 11.5 Å². The first-order chi connectivity index (χ1) is 18.1. The number of rotatable bonds is 7. The van der Waals surface area contributed by atoms with Gasteiger partial charge in [-0.15, -0.1) is 0 Å².